The van der Waals surface area contributed by atoms with Crippen LogP contribution < -0.4 is 10.6 Å². The van der Waals surface area contributed by atoms with E-state index in [4.69, 9.17) is 0 Å². The molecule has 0 saturated carbocycles. The van der Waals surface area contributed by atoms with E-state index in [0.717, 1.165) is 53.1 Å². The van der Waals surface area contributed by atoms with Crippen LogP contribution in [0.2, 0.25) is 0 Å². The maximum absolute atomic E-state index is 10.6. The molecule has 6 heteroatoms. The first-order valence-corrected chi connectivity index (χ1v) is 11.1. The van der Waals surface area contributed by atoms with Crippen molar-refractivity contribution in [3.8, 4) is 11.8 Å². The number of β-amino-alcohol motifs (C(OH)–C–C–N with tert-alkyl or cyclic N) is 1. The lowest BCUT2D eigenvalue weighted by molar-refractivity contribution is 0.0736. The number of nitrogens with zero attached hydrogens (tertiary/aromatic N) is 3. The van der Waals surface area contributed by atoms with Crippen molar-refractivity contribution in [1.82, 2.24) is 20.3 Å². The lowest BCUT2D eigenvalue weighted by Gasteiger charge is -2.27. The van der Waals surface area contributed by atoms with Gasteiger partial charge in [-0.1, -0.05) is 30.0 Å². The SMILES string of the molecule is OC1(C#Cc2ccc3ncnc(Nc4ccc(Cc5ccccn5)cc4)c3c2)CCCNC1. The highest BCUT2D eigenvalue weighted by Gasteiger charge is 2.26. The second-order valence-corrected chi connectivity index (χ2v) is 8.34. The summed E-state index contributed by atoms with van der Waals surface area (Å²) in [5.74, 6) is 6.91. The maximum atomic E-state index is 10.6. The molecule has 164 valence electrons. The Balaban J connectivity index is 1.36. The molecule has 2 aromatic heterocycles. The summed E-state index contributed by atoms with van der Waals surface area (Å²) in [6.45, 7) is 1.43. The number of nitrogens with one attached hydrogen (secondary N) is 2. The van der Waals surface area contributed by atoms with Crippen molar-refractivity contribution in [1.29, 1.82) is 0 Å². The van der Waals surface area contributed by atoms with E-state index in [-0.39, 0.29) is 0 Å². The van der Waals surface area contributed by atoms with Crippen molar-refractivity contribution in [2.24, 2.45) is 0 Å². The highest BCUT2D eigenvalue weighted by molar-refractivity contribution is 5.91. The van der Waals surface area contributed by atoms with Gasteiger partial charge >= 0.3 is 0 Å². The van der Waals surface area contributed by atoms with E-state index < -0.39 is 5.60 Å². The molecule has 0 radical (unpaired) electrons. The molecule has 0 bridgehead atoms. The van der Waals surface area contributed by atoms with Gasteiger partial charge in [0.05, 0.1) is 5.52 Å². The summed E-state index contributed by atoms with van der Waals surface area (Å²) >= 11 is 0. The first kappa shape index (κ1) is 21.1. The molecule has 3 N–H and O–H groups in total. The minimum atomic E-state index is -0.974. The van der Waals surface area contributed by atoms with E-state index in [9.17, 15) is 5.11 Å². The zero-order valence-electron chi connectivity index (χ0n) is 18.3. The predicted molar refractivity (Wildman–Crippen MR) is 130 cm³/mol. The average molecular weight is 436 g/mol. The van der Waals surface area contributed by atoms with E-state index in [1.54, 1.807) is 6.33 Å². The molecule has 0 amide bonds. The third kappa shape index (κ3) is 5.17. The van der Waals surface area contributed by atoms with Gasteiger partial charge in [0.15, 0.2) is 0 Å². The third-order valence-corrected chi connectivity index (χ3v) is 5.76. The number of fused-ring (bicyclic) bond motifs is 1. The van der Waals surface area contributed by atoms with E-state index in [1.807, 2.05) is 54.7 Å². The van der Waals surface area contributed by atoms with Gasteiger partial charge in [-0.15, -0.1) is 0 Å². The van der Waals surface area contributed by atoms with Crippen molar-refractivity contribution in [3.63, 3.8) is 0 Å². The summed E-state index contributed by atoms with van der Waals surface area (Å²) in [5, 5.41) is 18.1. The Morgan fingerprint density at radius 1 is 1.03 bits per heavy atom. The highest BCUT2D eigenvalue weighted by atomic mass is 16.3. The van der Waals surface area contributed by atoms with Gasteiger partial charge < -0.3 is 15.7 Å². The number of benzene rings is 2. The van der Waals surface area contributed by atoms with Gasteiger partial charge in [0, 0.05) is 41.5 Å². The van der Waals surface area contributed by atoms with Gasteiger partial charge in [0.2, 0.25) is 0 Å². The largest absolute Gasteiger partial charge is 0.376 e. The summed E-state index contributed by atoms with van der Waals surface area (Å²) in [5.41, 5.74) is 3.87. The number of hydrogen-bond acceptors (Lipinski definition) is 6. The molecule has 1 aliphatic rings. The van der Waals surface area contributed by atoms with Crippen LogP contribution in [-0.4, -0.2) is 38.7 Å². The Kier molecular flexibility index (Phi) is 5.99. The Bertz CT molecular complexity index is 1300. The summed E-state index contributed by atoms with van der Waals surface area (Å²) in [7, 11) is 0. The standard InChI is InChI=1S/C27H25N5O/c33-27(12-3-14-28-18-27)13-11-21-7-10-25-24(17-21)26(31-19-30-25)32-22-8-5-20(6-9-22)16-23-4-1-2-15-29-23/h1-2,4-10,15,17,19,28,33H,3,12,14,16,18H2,(H,30,31,32). The summed E-state index contributed by atoms with van der Waals surface area (Å²) in [6.07, 6.45) is 5.78. The molecule has 1 unspecified atom stereocenters. The van der Waals surface area contributed by atoms with Crippen molar-refractivity contribution in [2.75, 3.05) is 18.4 Å². The van der Waals surface area contributed by atoms with Crippen molar-refractivity contribution < 1.29 is 5.11 Å². The van der Waals surface area contributed by atoms with Crippen LogP contribution in [0.4, 0.5) is 11.5 Å². The van der Waals surface area contributed by atoms with Crippen LogP contribution in [-0.2, 0) is 6.42 Å². The molecule has 3 heterocycles. The smallest absolute Gasteiger partial charge is 0.141 e. The molecule has 33 heavy (non-hydrogen) atoms. The van der Waals surface area contributed by atoms with Crippen LogP contribution in [0.5, 0.6) is 0 Å². The van der Waals surface area contributed by atoms with Crippen molar-refractivity contribution >= 4 is 22.4 Å². The Morgan fingerprint density at radius 3 is 2.73 bits per heavy atom. The Labute approximate surface area is 193 Å². The lowest BCUT2D eigenvalue weighted by Crippen LogP contribution is -2.44. The number of piperidine rings is 1. The molecule has 4 aromatic rings. The van der Waals surface area contributed by atoms with Gasteiger partial charge in [0.25, 0.3) is 0 Å². The average Bonchev–Trinajstić information content (AvgIpc) is 2.85. The van der Waals surface area contributed by atoms with Crippen LogP contribution in [0.1, 0.15) is 29.7 Å². The molecular formula is C27H25N5O. The van der Waals surface area contributed by atoms with Gasteiger partial charge in [-0.25, -0.2) is 9.97 Å². The molecule has 1 aliphatic heterocycles. The highest BCUT2D eigenvalue weighted by Crippen LogP contribution is 2.25. The monoisotopic (exact) mass is 435 g/mol. The number of pyridine rings is 1. The van der Waals surface area contributed by atoms with Gasteiger partial charge in [-0.3, -0.25) is 4.98 Å². The molecule has 1 atom stereocenters. The fourth-order valence-corrected chi connectivity index (χ4v) is 3.97. The van der Waals surface area contributed by atoms with Crippen LogP contribution >= 0.6 is 0 Å². The van der Waals surface area contributed by atoms with Crippen molar-refractivity contribution in [2.45, 2.75) is 24.9 Å². The molecule has 6 nitrogen and oxygen atoms in total. The zero-order chi connectivity index (χ0) is 22.5. The molecular weight excluding hydrogens is 410 g/mol. The van der Waals surface area contributed by atoms with Gasteiger partial charge in [-0.05, 0) is 67.4 Å². The number of anilines is 2. The second-order valence-electron chi connectivity index (χ2n) is 8.34. The summed E-state index contributed by atoms with van der Waals surface area (Å²) < 4.78 is 0. The first-order chi connectivity index (χ1) is 16.2. The number of rotatable bonds is 4. The summed E-state index contributed by atoms with van der Waals surface area (Å²) in [4.78, 5) is 13.2. The Hall–Kier alpha value is -3.79. The maximum Gasteiger partial charge on any atom is 0.141 e. The zero-order valence-corrected chi connectivity index (χ0v) is 18.3. The van der Waals surface area contributed by atoms with Crippen LogP contribution in [0, 0.1) is 11.8 Å². The number of aliphatic hydroxyl groups is 1. The van der Waals surface area contributed by atoms with Crippen molar-refractivity contribution in [3.05, 3.63) is 90.0 Å². The normalized spacial score (nSPS) is 17.8. The fraction of sp³-hybridized carbons (Fsp3) is 0.222. The van der Waals surface area contributed by atoms with Crippen LogP contribution in [0.3, 0.4) is 0 Å². The number of aromatic nitrogens is 3. The van der Waals surface area contributed by atoms with E-state index >= 15 is 0 Å². The molecule has 2 aromatic carbocycles. The lowest BCUT2D eigenvalue weighted by atomic mass is 9.94. The summed E-state index contributed by atoms with van der Waals surface area (Å²) in [6, 6.07) is 20.1. The van der Waals surface area contributed by atoms with Crippen LogP contribution in [0.25, 0.3) is 10.9 Å². The molecule has 0 aliphatic carbocycles. The number of hydrogen-bond donors (Lipinski definition) is 3. The van der Waals surface area contributed by atoms with E-state index in [1.165, 1.54) is 5.56 Å². The first-order valence-electron chi connectivity index (χ1n) is 11.1. The van der Waals surface area contributed by atoms with Crippen LogP contribution in [0.15, 0.2) is 73.2 Å². The fourth-order valence-electron chi connectivity index (χ4n) is 3.97. The van der Waals surface area contributed by atoms with E-state index in [2.05, 4.69) is 49.6 Å². The second kappa shape index (κ2) is 9.37. The minimum absolute atomic E-state index is 0.500. The molecule has 5 rings (SSSR count). The molecule has 1 saturated heterocycles. The van der Waals surface area contributed by atoms with E-state index in [0.29, 0.717) is 13.0 Å². The predicted octanol–water partition coefficient (Wildman–Crippen LogP) is 3.83. The minimum Gasteiger partial charge on any atom is -0.376 e. The van der Waals surface area contributed by atoms with Gasteiger partial charge in [-0.2, -0.15) is 0 Å². The topological polar surface area (TPSA) is 83.0 Å². The Morgan fingerprint density at radius 2 is 1.94 bits per heavy atom. The quantitative estimate of drug-likeness (QED) is 0.423. The molecule has 0 spiro atoms. The van der Waals surface area contributed by atoms with Gasteiger partial charge in [0.1, 0.15) is 17.7 Å². The molecule has 1 fully saturated rings. The third-order valence-electron chi connectivity index (χ3n) is 5.76.